The van der Waals surface area contributed by atoms with Crippen LogP contribution in [0.15, 0.2) is 48.5 Å². The molecule has 5 nitrogen and oxygen atoms in total. The number of thiazole rings is 1. The van der Waals surface area contributed by atoms with Crippen LogP contribution in [0.5, 0.6) is 0 Å². The van der Waals surface area contributed by atoms with Gasteiger partial charge in [0.1, 0.15) is 4.70 Å². The third kappa shape index (κ3) is 5.15. The number of aryl methyl sites for hydroxylation is 1. The van der Waals surface area contributed by atoms with Crippen molar-refractivity contribution in [2.45, 2.75) is 13.0 Å². The van der Waals surface area contributed by atoms with E-state index in [1.807, 2.05) is 50.5 Å². The molecule has 0 atom stereocenters. The average molecular weight is 403 g/mol. The monoisotopic (exact) mass is 402 g/mol. The Labute approximate surface area is 163 Å². The van der Waals surface area contributed by atoms with Crippen LogP contribution < -0.4 is 9.47 Å². The smallest absolute Gasteiger partial charge is 0.262 e. The zero-order valence-corrected chi connectivity index (χ0v) is 17.0. The Morgan fingerprint density at radius 1 is 1.07 bits per heavy atom. The number of aromatic nitrogens is 1. The van der Waals surface area contributed by atoms with Crippen molar-refractivity contribution in [1.29, 1.82) is 0 Å². The van der Waals surface area contributed by atoms with Gasteiger partial charge in [-0.25, -0.2) is 8.42 Å². The maximum absolute atomic E-state index is 10.9. The lowest BCUT2D eigenvalue weighted by Gasteiger charge is -2.11. The number of nitrogens with zero attached hydrogens (tertiary/aromatic N) is 2. The van der Waals surface area contributed by atoms with Gasteiger partial charge in [-0.1, -0.05) is 35.6 Å². The predicted octanol–water partition coefficient (Wildman–Crippen LogP) is 3.36. The van der Waals surface area contributed by atoms with E-state index in [4.69, 9.17) is 0 Å². The van der Waals surface area contributed by atoms with Crippen molar-refractivity contribution in [2.24, 2.45) is 0 Å². The molecule has 7 heteroatoms. The second-order valence-corrected chi connectivity index (χ2v) is 9.08. The largest absolute Gasteiger partial charge is 0.748 e. The Bertz CT molecular complexity index is 1050. The van der Waals surface area contributed by atoms with Crippen molar-refractivity contribution < 1.29 is 17.5 Å². The van der Waals surface area contributed by atoms with E-state index in [0.717, 1.165) is 26.5 Å². The van der Waals surface area contributed by atoms with Gasteiger partial charge in [-0.15, -0.1) is 0 Å². The average Bonchev–Trinajstić information content (AvgIpc) is 2.97. The van der Waals surface area contributed by atoms with Crippen LogP contribution in [-0.4, -0.2) is 32.8 Å². The van der Waals surface area contributed by atoms with Crippen LogP contribution >= 0.6 is 11.3 Å². The Morgan fingerprint density at radius 2 is 1.78 bits per heavy atom. The molecule has 0 radical (unpaired) electrons. The van der Waals surface area contributed by atoms with Gasteiger partial charge in [0.2, 0.25) is 5.52 Å². The van der Waals surface area contributed by atoms with E-state index in [0.29, 0.717) is 13.0 Å². The molecular formula is C20H22N2O3S2. The lowest BCUT2D eigenvalue weighted by Crippen LogP contribution is -2.35. The standard InChI is InChI=1S/C20H22N2O3S2/c1-21(2)17-11-8-16(9-12-17)10-13-20-22(14-5-15-27(23,24)25)18-6-3-4-7-19(18)26-20/h3-4,6-13H,5,14-15H2,1-2H3. The van der Waals surface area contributed by atoms with Crippen LogP contribution in [0.1, 0.15) is 17.0 Å². The molecule has 0 bridgehead atoms. The third-order valence-electron chi connectivity index (χ3n) is 4.24. The number of fused-ring (bicyclic) bond motifs is 1. The fourth-order valence-corrected chi connectivity index (χ4v) is 4.43. The Balaban J connectivity index is 1.87. The van der Waals surface area contributed by atoms with Gasteiger partial charge in [0.05, 0.1) is 10.1 Å². The van der Waals surface area contributed by atoms with Crippen molar-refractivity contribution in [3.63, 3.8) is 0 Å². The molecule has 3 rings (SSSR count). The van der Waals surface area contributed by atoms with Crippen LogP contribution in [0.25, 0.3) is 22.4 Å². The van der Waals surface area contributed by atoms with Gasteiger partial charge in [0.15, 0.2) is 6.54 Å². The molecule has 0 N–H and O–H groups in total. The first-order valence-electron chi connectivity index (χ1n) is 8.64. The second kappa shape index (κ2) is 8.21. The van der Waals surface area contributed by atoms with E-state index < -0.39 is 10.1 Å². The first-order chi connectivity index (χ1) is 12.8. The molecule has 1 aromatic heterocycles. The van der Waals surface area contributed by atoms with Crippen molar-refractivity contribution >= 4 is 49.5 Å². The SMILES string of the molecule is CN(C)c1ccc(/C=C/c2sc3ccccc3[n+]2CCCS(=O)(=O)[O-])cc1. The molecule has 0 aliphatic rings. The van der Waals surface area contributed by atoms with Crippen molar-refractivity contribution in [1.82, 2.24) is 0 Å². The summed E-state index contributed by atoms with van der Waals surface area (Å²) in [7, 11) is -0.178. The fourth-order valence-electron chi connectivity index (χ4n) is 2.86. The maximum Gasteiger partial charge on any atom is 0.262 e. The summed E-state index contributed by atoms with van der Waals surface area (Å²) in [5.41, 5.74) is 3.28. The lowest BCUT2D eigenvalue weighted by molar-refractivity contribution is -0.668. The first kappa shape index (κ1) is 19.5. The fraction of sp³-hybridized carbons (Fsp3) is 0.250. The zero-order chi connectivity index (χ0) is 19.4. The molecule has 0 aliphatic heterocycles. The Morgan fingerprint density at radius 3 is 2.44 bits per heavy atom. The number of para-hydroxylation sites is 1. The zero-order valence-electron chi connectivity index (χ0n) is 15.3. The summed E-state index contributed by atoms with van der Waals surface area (Å²) in [4.78, 5) is 2.05. The van der Waals surface area contributed by atoms with Crippen molar-refractivity contribution in [3.8, 4) is 0 Å². The minimum absolute atomic E-state index is 0.301. The molecule has 0 spiro atoms. The maximum atomic E-state index is 10.9. The number of benzene rings is 2. The molecule has 0 saturated carbocycles. The number of hydrogen-bond donors (Lipinski definition) is 0. The van der Waals surface area contributed by atoms with Crippen molar-refractivity contribution in [3.05, 3.63) is 59.1 Å². The summed E-state index contributed by atoms with van der Waals surface area (Å²) in [6, 6.07) is 16.3. The van der Waals surface area contributed by atoms with E-state index >= 15 is 0 Å². The summed E-state index contributed by atoms with van der Waals surface area (Å²) in [5, 5.41) is 1.02. The highest BCUT2D eigenvalue weighted by Crippen LogP contribution is 2.22. The van der Waals surface area contributed by atoms with Crippen LogP contribution in [0.2, 0.25) is 0 Å². The summed E-state index contributed by atoms with van der Waals surface area (Å²) in [5.74, 6) is -0.348. The third-order valence-corrected chi connectivity index (χ3v) is 6.16. The van der Waals surface area contributed by atoms with E-state index in [2.05, 4.69) is 33.7 Å². The van der Waals surface area contributed by atoms with Gasteiger partial charge >= 0.3 is 0 Å². The molecule has 0 saturated heterocycles. The van der Waals surface area contributed by atoms with Gasteiger partial charge in [0.25, 0.3) is 5.01 Å². The van der Waals surface area contributed by atoms with E-state index in [-0.39, 0.29) is 5.75 Å². The van der Waals surface area contributed by atoms with Crippen LogP contribution in [0.3, 0.4) is 0 Å². The molecule has 0 aliphatic carbocycles. The summed E-state index contributed by atoms with van der Waals surface area (Å²) >= 11 is 1.65. The van der Waals surface area contributed by atoms with Gasteiger partial charge < -0.3 is 9.45 Å². The molecule has 2 aromatic carbocycles. The predicted molar refractivity (Wildman–Crippen MR) is 111 cm³/mol. The highest BCUT2D eigenvalue weighted by molar-refractivity contribution is 7.85. The molecule has 0 fully saturated rings. The van der Waals surface area contributed by atoms with Gasteiger partial charge in [-0.2, -0.15) is 4.57 Å². The molecule has 27 heavy (non-hydrogen) atoms. The normalized spacial score (nSPS) is 12.1. The van der Waals surface area contributed by atoms with Gasteiger partial charge in [-0.3, -0.25) is 0 Å². The molecule has 142 valence electrons. The number of hydrogen-bond acceptors (Lipinski definition) is 5. The molecule has 0 unspecified atom stereocenters. The summed E-state index contributed by atoms with van der Waals surface area (Å²) in [6.45, 7) is 0.491. The Hall–Kier alpha value is -2.22. The lowest BCUT2D eigenvalue weighted by atomic mass is 10.2. The van der Waals surface area contributed by atoms with Gasteiger partial charge in [-0.05, 0) is 29.8 Å². The molecule has 3 aromatic rings. The minimum Gasteiger partial charge on any atom is -0.748 e. The van der Waals surface area contributed by atoms with E-state index in [9.17, 15) is 13.0 Å². The minimum atomic E-state index is -4.19. The molecular weight excluding hydrogens is 380 g/mol. The van der Waals surface area contributed by atoms with E-state index in [1.54, 1.807) is 11.3 Å². The highest BCUT2D eigenvalue weighted by atomic mass is 32.2. The number of anilines is 1. The highest BCUT2D eigenvalue weighted by Gasteiger charge is 2.18. The van der Waals surface area contributed by atoms with Crippen LogP contribution in [0, 0.1) is 0 Å². The summed E-state index contributed by atoms with van der Waals surface area (Å²) in [6.07, 6.45) is 4.39. The topological polar surface area (TPSA) is 64.3 Å². The second-order valence-electron chi connectivity index (χ2n) is 6.49. The molecule has 0 amide bonds. The number of rotatable bonds is 7. The summed E-state index contributed by atoms with van der Waals surface area (Å²) < 4.78 is 36.0. The Kier molecular flexibility index (Phi) is 5.94. The van der Waals surface area contributed by atoms with Gasteiger partial charge in [0, 0.05) is 44.1 Å². The van der Waals surface area contributed by atoms with E-state index in [1.165, 1.54) is 0 Å². The van der Waals surface area contributed by atoms with Crippen LogP contribution in [-0.2, 0) is 16.7 Å². The molecule has 1 heterocycles. The first-order valence-corrected chi connectivity index (χ1v) is 11.0. The van der Waals surface area contributed by atoms with Crippen LogP contribution in [0.4, 0.5) is 5.69 Å². The quantitative estimate of drug-likeness (QED) is 0.449. The van der Waals surface area contributed by atoms with Crippen molar-refractivity contribution in [2.75, 3.05) is 24.7 Å².